The van der Waals surface area contributed by atoms with Gasteiger partial charge in [0.05, 0.1) is 15.2 Å². The number of amides is 2. The normalized spacial score (nSPS) is 10.5. The molecule has 2 aromatic carbocycles. The van der Waals surface area contributed by atoms with E-state index in [2.05, 4.69) is 15.6 Å². The molecule has 3 aromatic rings. The number of anilines is 1. The monoisotopic (exact) mass is 297 g/mol. The van der Waals surface area contributed by atoms with Crippen LogP contribution in [0, 0.1) is 6.92 Å². The molecule has 0 saturated carbocycles. The number of carbonyl (C=O) groups is 1. The van der Waals surface area contributed by atoms with Crippen LogP contribution in [0.3, 0.4) is 0 Å². The molecule has 4 nitrogen and oxygen atoms in total. The highest BCUT2D eigenvalue weighted by molar-refractivity contribution is 7.18. The van der Waals surface area contributed by atoms with Gasteiger partial charge in [0.15, 0.2) is 0 Å². The predicted octanol–water partition coefficient (Wildman–Crippen LogP) is 3.93. The summed E-state index contributed by atoms with van der Waals surface area (Å²) in [5.74, 6) is 0. The molecule has 0 radical (unpaired) electrons. The zero-order valence-electron chi connectivity index (χ0n) is 11.6. The van der Waals surface area contributed by atoms with E-state index in [-0.39, 0.29) is 6.03 Å². The summed E-state index contributed by atoms with van der Waals surface area (Å²) in [7, 11) is 0. The quantitative estimate of drug-likeness (QED) is 0.769. The summed E-state index contributed by atoms with van der Waals surface area (Å²) in [6, 6.07) is 15.3. The lowest BCUT2D eigenvalue weighted by atomic mass is 10.2. The van der Waals surface area contributed by atoms with Crippen LogP contribution < -0.4 is 10.6 Å². The van der Waals surface area contributed by atoms with Crippen molar-refractivity contribution in [2.45, 2.75) is 13.5 Å². The lowest BCUT2D eigenvalue weighted by Crippen LogP contribution is -2.28. The van der Waals surface area contributed by atoms with E-state index in [0.717, 1.165) is 26.5 Å². The molecule has 0 unspecified atom stereocenters. The van der Waals surface area contributed by atoms with Gasteiger partial charge in [-0.05, 0) is 30.7 Å². The van der Waals surface area contributed by atoms with E-state index in [4.69, 9.17) is 0 Å². The summed E-state index contributed by atoms with van der Waals surface area (Å²) in [4.78, 5) is 16.3. The maximum Gasteiger partial charge on any atom is 0.319 e. The average Bonchev–Trinajstić information content (AvgIpc) is 2.85. The highest BCUT2D eigenvalue weighted by Gasteiger charge is 2.05. The highest BCUT2D eigenvalue weighted by Crippen LogP contribution is 2.24. The van der Waals surface area contributed by atoms with Gasteiger partial charge in [0.25, 0.3) is 0 Å². The number of carbonyl (C=O) groups excluding carboxylic acids is 1. The Morgan fingerprint density at radius 2 is 2.00 bits per heavy atom. The Morgan fingerprint density at radius 3 is 2.81 bits per heavy atom. The second kappa shape index (κ2) is 5.93. The van der Waals surface area contributed by atoms with Crippen LogP contribution in [0.4, 0.5) is 10.5 Å². The Bertz CT molecular complexity index is 768. The number of rotatable bonds is 3. The van der Waals surface area contributed by atoms with Crippen molar-refractivity contribution in [3.8, 4) is 0 Å². The number of aryl methyl sites for hydroxylation is 1. The smallest absolute Gasteiger partial charge is 0.319 e. The van der Waals surface area contributed by atoms with Gasteiger partial charge in [0.1, 0.15) is 0 Å². The molecule has 0 fully saturated rings. The van der Waals surface area contributed by atoms with Crippen molar-refractivity contribution in [1.29, 1.82) is 0 Å². The standard InChI is InChI=1S/C16H15N3OS/c1-11-18-14-8-7-13(9-15(14)21-11)19-16(20)17-10-12-5-3-2-4-6-12/h2-9H,10H2,1H3,(H2,17,19,20). The lowest BCUT2D eigenvalue weighted by Gasteiger charge is -2.07. The second-order valence-corrected chi connectivity index (χ2v) is 5.94. The lowest BCUT2D eigenvalue weighted by molar-refractivity contribution is 0.251. The third kappa shape index (κ3) is 3.38. The van der Waals surface area contributed by atoms with E-state index < -0.39 is 0 Å². The van der Waals surface area contributed by atoms with Crippen molar-refractivity contribution >= 4 is 33.3 Å². The van der Waals surface area contributed by atoms with Crippen LogP contribution in [-0.4, -0.2) is 11.0 Å². The first-order valence-electron chi connectivity index (χ1n) is 6.67. The molecule has 21 heavy (non-hydrogen) atoms. The molecule has 0 aliphatic rings. The number of hydrogen-bond acceptors (Lipinski definition) is 3. The molecule has 0 spiro atoms. The summed E-state index contributed by atoms with van der Waals surface area (Å²) in [6.07, 6.45) is 0. The van der Waals surface area contributed by atoms with E-state index in [1.54, 1.807) is 11.3 Å². The van der Waals surface area contributed by atoms with Crippen LogP contribution in [0.5, 0.6) is 0 Å². The van der Waals surface area contributed by atoms with Crippen LogP contribution in [0.25, 0.3) is 10.2 Å². The van der Waals surface area contributed by atoms with Gasteiger partial charge in [0.2, 0.25) is 0 Å². The van der Waals surface area contributed by atoms with Gasteiger partial charge in [0, 0.05) is 12.2 Å². The van der Waals surface area contributed by atoms with Crippen LogP contribution in [0.2, 0.25) is 0 Å². The number of aromatic nitrogens is 1. The van der Waals surface area contributed by atoms with Crippen molar-refractivity contribution in [3.05, 3.63) is 59.1 Å². The Labute approximate surface area is 126 Å². The molecule has 0 aliphatic heterocycles. The van der Waals surface area contributed by atoms with Crippen molar-refractivity contribution in [1.82, 2.24) is 10.3 Å². The van der Waals surface area contributed by atoms with E-state index >= 15 is 0 Å². The first-order valence-corrected chi connectivity index (χ1v) is 7.48. The third-order valence-electron chi connectivity index (χ3n) is 3.05. The van der Waals surface area contributed by atoms with Gasteiger partial charge in [-0.15, -0.1) is 11.3 Å². The molecule has 2 amide bonds. The number of hydrogen-bond donors (Lipinski definition) is 2. The number of nitrogens with zero attached hydrogens (tertiary/aromatic N) is 1. The van der Waals surface area contributed by atoms with Crippen LogP contribution in [0.15, 0.2) is 48.5 Å². The van der Waals surface area contributed by atoms with Crippen LogP contribution in [0.1, 0.15) is 10.6 Å². The molecule has 0 atom stereocenters. The van der Waals surface area contributed by atoms with Gasteiger partial charge in [-0.3, -0.25) is 0 Å². The summed E-state index contributed by atoms with van der Waals surface area (Å²) < 4.78 is 1.08. The SMILES string of the molecule is Cc1nc2ccc(NC(=O)NCc3ccccc3)cc2s1. The minimum Gasteiger partial charge on any atom is -0.334 e. The largest absolute Gasteiger partial charge is 0.334 e. The first kappa shape index (κ1) is 13.6. The highest BCUT2D eigenvalue weighted by atomic mass is 32.1. The average molecular weight is 297 g/mol. The van der Waals surface area contributed by atoms with E-state index in [9.17, 15) is 4.79 Å². The van der Waals surface area contributed by atoms with E-state index in [0.29, 0.717) is 6.54 Å². The Hall–Kier alpha value is -2.40. The zero-order chi connectivity index (χ0) is 14.7. The third-order valence-corrected chi connectivity index (χ3v) is 3.98. The second-order valence-electron chi connectivity index (χ2n) is 4.71. The molecule has 5 heteroatoms. The fourth-order valence-electron chi connectivity index (χ4n) is 2.07. The van der Waals surface area contributed by atoms with Gasteiger partial charge < -0.3 is 10.6 Å². The minimum atomic E-state index is -0.209. The zero-order valence-corrected chi connectivity index (χ0v) is 12.4. The summed E-state index contributed by atoms with van der Waals surface area (Å²) in [5, 5.41) is 6.70. The van der Waals surface area contributed by atoms with Gasteiger partial charge in [-0.1, -0.05) is 30.3 Å². The Balaban J connectivity index is 1.63. The predicted molar refractivity (Wildman–Crippen MR) is 86.7 cm³/mol. The number of benzene rings is 2. The fourth-order valence-corrected chi connectivity index (χ4v) is 2.94. The maximum atomic E-state index is 11.9. The van der Waals surface area contributed by atoms with Crippen molar-refractivity contribution in [3.63, 3.8) is 0 Å². The number of fused-ring (bicyclic) bond motifs is 1. The molecule has 0 aliphatic carbocycles. The molecule has 0 bridgehead atoms. The number of thiazole rings is 1. The molecular weight excluding hydrogens is 282 g/mol. The summed E-state index contributed by atoms with van der Waals surface area (Å²) >= 11 is 1.62. The molecule has 2 N–H and O–H groups in total. The van der Waals surface area contributed by atoms with Gasteiger partial charge in [-0.25, -0.2) is 9.78 Å². The summed E-state index contributed by atoms with van der Waals surface area (Å²) in [5.41, 5.74) is 2.81. The molecule has 1 heterocycles. The van der Waals surface area contributed by atoms with Gasteiger partial charge in [-0.2, -0.15) is 0 Å². The molecule has 3 rings (SSSR count). The molecule has 0 saturated heterocycles. The van der Waals surface area contributed by atoms with Gasteiger partial charge >= 0.3 is 6.03 Å². The van der Waals surface area contributed by atoms with Crippen LogP contribution >= 0.6 is 11.3 Å². The van der Waals surface area contributed by atoms with E-state index in [1.165, 1.54) is 0 Å². The minimum absolute atomic E-state index is 0.209. The van der Waals surface area contributed by atoms with E-state index in [1.807, 2.05) is 55.5 Å². The molecule has 1 aromatic heterocycles. The van der Waals surface area contributed by atoms with Crippen LogP contribution in [-0.2, 0) is 6.54 Å². The van der Waals surface area contributed by atoms with Crippen molar-refractivity contribution in [2.24, 2.45) is 0 Å². The molecular formula is C16H15N3OS. The Kier molecular flexibility index (Phi) is 3.83. The first-order chi connectivity index (χ1) is 10.2. The summed E-state index contributed by atoms with van der Waals surface area (Å²) in [6.45, 7) is 2.49. The van der Waals surface area contributed by atoms with Crippen molar-refractivity contribution < 1.29 is 4.79 Å². The number of urea groups is 1. The fraction of sp³-hybridized carbons (Fsp3) is 0.125. The topological polar surface area (TPSA) is 54.0 Å². The maximum absolute atomic E-state index is 11.9. The molecule has 106 valence electrons. The van der Waals surface area contributed by atoms with Crippen molar-refractivity contribution in [2.75, 3.05) is 5.32 Å². The number of nitrogens with one attached hydrogen (secondary N) is 2. The Morgan fingerprint density at radius 1 is 1.19 bits per heavy atom.